The van der Waals surface area contributed by atoms with Gasteiger partial charge in [0, 0.05) is 11.2 Å². The van der Waals surface area contributed by atoms with E-state index in [1.807, 2.05) is 0 Å². The lowest BCUT2D eigenvalue weighted by Crippen LogP contribution is -2.06. The Bertz CT molecular complexity index is 374. The molecule has 1 saturated heterocycles. The molecule has 0 saturated carbocycles. The summed E-state index contributed by atoms with van der Waals surface area (Å²) in [6.45, 7) is 0.585. The number of halogens is 4. The minimum atomic E-state index is -4.26. The molecule has 0 N–H and O–H groups in total. The van der Waals surface area contributed by atoms with Crippen molar-refractivity contribution in [2.45, 2.75) is 24.6 Å². The molecule has 0 aromatic heterocycles. The van der Waals surface area contributed by atoms with Gasteiger partial charge < -0.3 is 4.74 Å². The Morgan fingerprint density at radius 3 is 2.35 bits per heavy atom. The average molecular weight is 309 g/mol. The van der Waals surface area contributed by atoms with Gasteiger partial charge in [-0.15, -0.1) is 0 Å². The normalized spacial score (nSPS) is 25.2. The van der Waals surface area contributed by atoms with E-state index < -0.39 is 11.7 Å². The molecule has 1 fully saturated rings. The minimum Gasteiger partial charge on any atom is -0.377 e. The Morgan fingerprint density at radius 1 is 1.24 bits per heavy atom. The molecule has 2 rings (SSSR count). The quantitative estimate of drug-likeness (QED) is 0.751. The van der Waals surface area contributed by atoms with Gasteiger partial charge in [0.2, 0.25) is 0 Å². The fraction of sp³-hybridized carbons (Fsp3) is 0.500. The molecule has 1 aromatic carbocycles. The van der Waals surface area contributed by atoms with Crippen molar-refractivity contribution < 1.29 is 17.9 Å². The Morgan fingerprint density at radius 2 is 1.88 bits per heavy atom. The van der Waals surface area contributed by atoms with Crippen LogP contribution in [0.2, 0.25) is 0 Å². The summed E-state index contributed by atoms with van der Waals surface area (Å²) in [4.78, 5) is 0. The third-order valence-electron chi connectivity index (χ3n) is 2.96. The lowest BCUT2D eigenvalue weighted by atomic mass is 9.96. The van der Waals surface area contributed by atoms with Gasteiger partial charge in [0.1, 0.15) is 0 Å². The van der Waals surface area contributed by atoms with Crippen LogP contribution in [0.1, 0.15) is 23.5 Å². The largest absolute Gasteiger partial charge is 0.416 e. The van der Waals surface area contributed by atoms with Gasteiger partial charge in [0.15, 0.2) is 0 Å². The molecule has 94 valence electrons. The zero-order chi connectivity index (χ0) is 12.5. The van der Waals surface area contributed by atoms with Gasteiger partial charge in [0.25, 0.3) is 0 Å². The predicted octanol–water partition coefficient (Wildman–Crippen LogP) is 3.97. The van der Waals surface area contributed by atoms with Crippen molar-refractivity contribution in [2.75, 3.05) is 11.9 Å². The number of hydrogen-bond donors (Lipinski definition) is 0. The minimum absolute atomic E-state index is 0.169. The zero-order valence-corrected chi connectivity index (χ0v) is 10.6. The van der Waals surface area contributed by atoms with Gasteiger partial charge in [-0.25, -0.2) is 0 Å². The lowest BCUT2D eigenvalue weighted by Gasteiger charge is -2.11. The van der Waals surface area contributed by atoms with Crippen LogP contribution in [0, 0.1) is 0 Å². The molecule has 0 bridgehead atoms. The van der Waals surface area contributed by atoms with Gasteiger partial charge >= 0.3 is 6.18 Å². The highest BCUT2D eigenvalue weighted by Gasteiger charge is 2.31. The summed E-state index contributed by atoms with van der Waals surface area (Å²) in [5, 5.41) is 0.768. The second kappa shape index (κ2) is 4.98. The molecular formula is C12H12BrF3O. The van der Waals surface area contributed by atoms with Crippen LogP contribution in [0.4, 0.5) is 13.2 Å². The van der Waals surface area contributed by atoms with Crippen molar-refractivity contribution in [3.63, 3.8) is 0 Å². The Kier molecular flexibility index (Phi) is 3.78. The molecule has 1 aliphatic rings. The van der Waals surface area contributed by atoms with Gasteiger partial charge in [-0.1, -0.05) is 28.1 Å². The Hall–Kier alpha value is -0.550. The highest BCUT2D eigenvalue weighted by atomic mass is 79.9. The van der Waals surface area contributed by atoms with Gasteiger partial charge in [0.05, 0.1) is 18.3 Å². The van der Waals surface area contributed by atoms with Crippen molar-refractivity contribution >= 4 is 15.9 Å². The highest BCUT2D eigenvalue weighted by Crippen LogP contribution is 2.33. The van der Waals surface area contributed by atoms with Gasteiger partial charge in [-0.2, -0.15) is 13.2 Å². The molecule has 1 aliphatic heterocycles. The first-order valence-electron chi connectivity index (χ1n) is 5.35. The van der Waals surface area contributed by atoms with E-state index in [9.17, 15) is 13.2 Å². The summed E-state index contributed by atoms with van der Waals surface area (Å²) in [5.41, 5.74) is 0.318. The number of rotatable bonds is 2. The van der Waals surface area contributed by atoms with Crippen molar-refractivity contribution in [2.24, 2.45) is 0 Å². The molecule has 1 heterocycles. The predicted molar refractivity (Wildman–Crippen MR) is 62.3 cm³/mol. The number of alkyl halides is 4. The standard InChI is InChI=1S/C12H12BrF3O/c13-6-11-5-9(7-17-11)8-1-3-10(4-2-8)12(14,15)16/h1-4,9,11H,5-7H2. The van der Waals surface area contributed by atoms with Crippen LogP contribution in [-0.2, 0) is 10.9 Å². The first-order valence-corrected chi connectivity index (χ1v) is 6.47. The number of ether oxygens (including phenoxy) is 1. The number of hydrogen-bond acceptors (Lipinski definition) is 1. The number of benzene rings is 1. The first-order chi connectivity index (χ1) is 8.00. The lowest BCUT2D eigenvalue weighted by molar-refractivity contribution is -0.137. The van der Waals surface area contributed by atoms with E-state index in [0.717, 1.165) is 29.4 Å². The maximum atomic E-state index is 12.4. The molecule has 0 amide bonds. The van der Waals surface area contributed by atoms with Crippen molar-refractivity contribution in [3.05, 3.63) is 35.4 Å². The van der Waals surface area contributed by atoms with Gasteiger partial charge in [-0.3, -0.25) is 0 Å². The van der Waals surface area contributed by atoms with E-state index in [0.29, 0.717) is 6.61 Å². The van der Waals surface area contributed by atoms with Crippen LogP contribution in [0.3, 0.4) is 0 Å². The maximum absolute atomic E-state index is 12.4. The summed E-state index contributed by atoms with van der Waals surface area (Å²) in [7, 11) is 0. The van der Waals surface area contributed by atoms with Crippen LogP contribution in [-0.4, -0.2) is 18.0 Å². The molecule has 17 heavy (non-hydrogen) atoms. The molecular weight excluding hydrogens is 297 g/mol. The SMILES string of the molecule is FC(F)(F)c1ccc(C2COC(CBr)C2)cc1. The van der Waals surface area contributed by atoms with Crippen molar-refractivity contribution in [1.29, 1.82) is 0 Å². The van der Waals surface area contributed by atoms with Crippen molar-refractivity contribution in [1.82, 2.24) is 0 Å². The summed E-state index contributed by atoms with van der Waals surface area (Å²) in [6.07, 6.45) is -3.23. The van der Waals surface area contributed by atoms with Crippen molar-refractivity contribution in [3.8, 4) is 0 Å². The molecule has 0 spiro atoms. The Labute approximate surface area is 106 Å². The average Bonchev–Trinajstić information content (AvgIpc) is 2.76. The molecule has 2 atom stereocenters. The second-order valence-corrected chi connectivity index (χ2v) is 4.81. The summed E-state index contributed by atoms with van der Waals surface area (Å²) < 4.78 is 42.6. The van der Waals surface area contributed by atoms with E-state index in [1.54, 1.807) is 12.1 Å². The summed E-state index contributed by atoms with van der Waals surface area (Å²) >= 11 is 3.34. The van der Waals surface area contributed by atoms with Crippen LogP contribution in [0.25, 0.3) is 0 Å². The topological polar surface area (TPSA) is 9.23 Å². The third kappa shape index (κ3) is 3.01. The van der Waals surface area contributed by atoms with Crippen LogP contribution in [0.5, 0.6) is 0 Å². The Balaban J connectivity index is 2.09. The fourth-order valence-corrected chi connectivity index (χ4v) is 2.44. The smallest absolute Gasteiger partial charge is 0.377 e. The van der Waals surface area contributed by atoms with Crippen LogP contribution in [0.15, 0.2) is 24.3 Å². The highest BCUT2D eigenvalue weighted by molar-refractivity contribution is 9.09. The maximum Gasteiger partial charge on any atom is 0.416 e. The van der Waals surface area contributed by atoms with E-state index in [-0.39, 0.29) is 12.0 Å². The molecule has 5 heteroatoms. The molecule has 2 unspecified atom stereocenters. The zero-order valence-electron chi connectivity index (χ0n) is 9.01. The van der Waals surface area contributed by atoms with Gasteiger partial charge in [-0.05, 0) is 24.1 Å². The third-order valence-corrected chi connectivity index (χ3v) is 3.68. The van der Waals surface area contributed by atoms with E-state index in [1.165, 1.54) is 0 Å². The fourth-order valence-electron chi connectivity index (χ4n) is 1.99. The molecule has 0 aliphatic carbocycles. The van der Waals surface area contributed by atoms with Crippen LogP contribution < -0.4 is 0 Å². The van der Waals surface area contributed by atoms with E-state index in [4.69, 9.17) is 4.74 Å². The second-order valence-electron chi connectivity index (χ2n) is 4.16. The summed E-state index contributed by atoms with van der Waals surface area (Å²) in [6, 6.07) is 5.37. The monoisotopic (exact) mass is 308 g/mol. The first kappa shape index (κ1) is 12.9. The van der Waals surface area contributed by atoms with Crippen LogP contribution >= 0.6 is 15.9 Å². The van der Waals surface area contributed by atoms with E-state index >= 15 is 0 Å². The summed E-state index contributed by atoms with van der Waals surface area (Å²) in [5.74, 6) is 0.208. The van der Waals surface area contributed by atoms with E-state index in [2.05, 4.69) is 15.9 Å². The molecule has 1 nitrogen and oxygen atoms in total. The molecule has 0 radical (unpaired) electrons. The molecule has 1 aromatic rings.